The van der Waals surface area contributed by atoms with E-state index in [1.807, 2.05) is 0 Å². The zero-order valence-electron chi connectivity index (χ0n) is 13.0. The van der Waals surface area contributed by atoms with Gasteiger partial charge in [0.2, 0.25) is 0 Å². The number of hydrogen-bond acceptors (Lipinski definition) is 1. The number of Topliss-reactive ketones (excluding diaryl/α,β-unsaturated/α-hetero) is 1. The number of ketones is 1. The fraction of sp³-hybridized carbons (Fsp3) is 0.650. The van der Waals surface area contributed by atoms with Crippen LogP contribution in [0.3, 0.4) is 0 Å². The predicted octanol–water partition coefficient (Wildman–Crippen LogP) is 5.18. The number of fused-ring (bicyclic) bond motifs is 13. The molecule has 1 aromatic carbocycles. The third-order valence-corrected chi connectivity index (χ3v) is 9.81. The largest absolute Gasteiger partial charge is 0.294 e. The first kappa shape index (κ1) is 14.5. The first-order valence-corrected chi connectivity index (χ1v) is 11.3. The SMILES string of the molecule is O=C1c2cc(I)cc(I)c2CC2C3CC(C12)C1C2CCC(C2)C31. The molecule has 23 heavy (non-hydrogen) atoms. The van der Waals surface area contributed by atoms with Crippen molar-refractivity contribution in [2.24, 2.45) is 47.3 Å². The lowest BCUT2D eigenvalue weighted by atomic mass is 9.59. The van der Waals surface area contributed by atoms with Gasteiger partial charge in [0.15, 0.2) is 5.78 Å². The number of hydrogen-bond donors (Lipinski definition) is 0. The zero-order chi connectivity index (χ0) is 15.5. The van der Waals surface area contributed by atoms with Crippen LogP contribution < -0.4 is 0 Å². The molecule has 1 aromatic rings. The Morgan fingerprint density at radius 3 is 2.43 bits per heavy atom. The number of rotatable bonds is 0. The maximum atomic E-state index is 13.4. The molecule has 6 rings (SSSR count). The van der Waals surface area contributed by atoms with E-state index < -0.39 is 0 Å². The van der Waals surface area contributed by atoms with Crippen molar-refractivity contribution < 1.29 is 4.79 Å². The van der Waals surface area contributed by atoms with Crippen molar-refractivity contribution >= 4 is 51.0 Å². The Kier molecular flexibility index (Phi) is 2.99. The van der Waals surface area contributed by atoms with Crippen molar-refractivity contribution in [3.63, 3.8) is 0 Å². The van der Waals surface area contributed by atoms with Gasteiger partial charge in [-0.2, -0.15) is 0 Å². The number of carbonyl (C=O) groups excluding carboxylic acids is 1. The second-order valence-electron chi connectivity index (χ2n) is 8.72. The maximum Gasteiger partial charge on any atom is 0.166 e. The van der Waals surface area contributed by atoms with Gasteiger partial charge in [-0.3, -0.25) is 4.79 Å². The highest BCUT2D eigenvalue weighted by Gasteiger charge is 2.67. The molecule has 5 aliphatic rings. The summed E-state index contributed by atoms with van der Waals surface area (Å²) in [7, 11) is 0. The Hall–Kier alpha value is 0.350. The standard InChI is InChI=1S/C20H20I2O/c21-10-4-14-11(16(22)5-10)6-13-12-7-15(19(13)20(14)23)18-9-2-1-8(3-9)17(12)18/h4-5,8-9,12-13,15,17-19H,1-3,6-7H2. The second kappa shape index (κ2) is 4.74. The van der Waals surface area contributed by atoms with E-state index in [1.165, 1.54) is 44.8 Å². The quantitative estimate of drug-likeness (QED) is 0.334. The Morgan fingerprint density at radius 1 is 0.913 bits per heavy atom. The van der Waals surface area contributed by atoms with E-state index in [2.05, 4.69) is 57.3 Å². The van der Waals surface area contributed by atoms with Gasteiger partial charge >= 0.3 is 0 Å². The Morgan fingerprint density at radius 2 is 1.65 bits per heavy atom. The molecule has 4 saturated carbocycles. The van der Waals surface area contributed by atoms with Crippen LogP contribution in [0.25, 0.3) is 0 Å². The van der Waals surface area contributed by atoms with Crippen molar-refractivity contribution in [3.05, 3.63) is 30.4 Å². The van der Waals surface area contributed by atoms with Gasteiger partial charge in [-0.15, -0.1) is 0 Å². The summed E-state index contributed by atoms with van der Waals surface area (Å²) in [6.45, 7) is 0. The molecule has 3 heteroatoms. The number of halogens is 2. The maximum absolute atomic E-state index is 13.4. The number of benzene rings is 1. The van der Waals surface area contributed by atoms with Crippen molar-refractivity contribution in [2.45, 2.75) is 32.1 Å². The van der Waals surface area contributed by atoms with Crippen molar-refractivity contribution in [1.82, 2.24) is 0 Å². The smallest absolute Gasteiger partial charge is 0.166 e. The third kappa shape index (κ3) is 1.72. The molecule has 4 fully saturated rings. The lowest BCUT2D eigenvalue weighted by molar-refractivity contribution is 0.0416. The fourth-order valence-corrected chi connectivity index (χ4v) is 9.89. The summed E-state index contributed by atoms with van der Waals surface area (Å²) in [4.78, 5) is 13.4. The molecule has 0 radical (unpaired) electrons. The predicted molar refractivity (Wildman–Crippen MR) is 106 cm³/mol. The molecular formula is C20H20I2O. The van der Waals surface area contributed by atoms with Gasteiger partial charge in [-0.25, -0.2) is 0 Å². The monoisotopic (exact) mass is 530 g/mol. The first-order chi connectivity index (χ1) is 11.1. The molecule has 8 unspecified atom stereocenters. The highest BCUT2D eigenvalue weighted by molar-refractivity contribution is 14.1. The minimum absolute atomic E-state index is 0.377. The lowest BCUT2D eigenvalue weighted by Gasteiger charge is -2.45. The second-order valence-corrected chi connectivity index (χ2v) is 11.1. The minimum atomic E-state index is 0.377. The van der Waals surface area contributed by atoms with Gasteiger partial charge < -0.3 is 0 Å². The van der Waals surface area contributed by atoms with Crippen LogP contribution in [-0.2, 0) is 6.42 Å². The summed E-state index contributed by atoms with van der Waals surface area (Å²) in [5, 5.41) is 0. The van der Waals surface area contributed by atoms with Crippen LogP contribution in [0.4, 0.5) is 0 Å². The molecular weight excluding hydrogens is 510 g/mol. The summed E-state index contributed by atoms with van der Waals surface area (Å²) in [6, 6.07) is 4.42. The molecule has 0 amide bonds. The van der Waals surface area contributed by atoms with E-state index in [-0.39, 0.29) is 0 Å². The normalized spacial score (nSPS) is 48.5. The molecule has 0 aromatic heterocycles. The van der Waals surface area contributed by atoms with Crippen LogP contribution in [0.2, 0.25) is 0 Å². The van der Waals surface area contributed by atoms with E-state index in [0.29, 0.717) is 17.6 Å². The van der Waals surface area contributed by atoms with Gasteiger partial charge in [-0.05, 0) is 136 Å². The first-order valence-electron chi connectivity index (χ1n) is 9.15. The average Bonchev–Trinajstić information content (AvgIpc) is 3.26. The van der Waals surface area contributed by atoms with Crippen molar-refractivity contribution in [3.8, 4) is 0 Å². The van der Waals surface area contributed by atoms with E-state index in [9.17, 15) is 4.79 Å². The number of carbonyl (C=O) groups is 1. The van der Waals surface area contributed by atoms with Gasteiger partial charge in [0.1, 0.15) is 0 Å². The molecule has 0 aliphatic heterocycles. The summed E-state index contributed by atoms with van der Waals surface area (Å²) < 4.78 is 2.54. The summed E-state index contributed by atoms with van der Waals surface area (Å²) in [5.41, 5.74) is 2.46. The van der Waals surface area contributed by atoms with Gasteiger partial charge in [0.05, 0.1) is 0 Å². The Bertz CT molecular complexity index is 741. The van der Waals surface area contributed by atoms with E-state index >= 15 is 0 Å². The third-order valence-electron chi connectivity index (χ3n) is 8.22. The average molecular weight is 530 g/mol. The van der Waals surface area contributed by atoms with Crippen LogP contribution >= 0.6 is 45.2 Å². The topological polar surface area (TPSA) is 17.1 Å². The van der Waals surface area contributed by atoms with Crippen LogP contribution in [0.5, 0.6) is 0 Å². The molecule has 0 N–H and O–H groups in total. The molecule has 120 valence electrons. The van der Waals surface area contributed by atoms with Gasteiger partial charge in [0, 0.05) is 18.6 Å². The van der Waals surface area contributed by atoms with Crippen LogP contribution in [0.15, 0.2) is 12.1 Å². The van der Waals surface area contributed by atoms with E-state index in [0.717, 1.165) is 41.1 Å². The van der Waals surface area contributed by atoms with Crippen molar-refractivity contribution in [2.75, 3.05) is 0 Å². The van der Waals surface area contributed by atoms with Gasteiger partial charge in [-0.1, -0.05) is 0 Å². The lowest BCUT2D eigenvalue weighted by Crippen LogP contribution is -2.44. The van der Waals surface area contributed by atoms with Crippen LogP contribution in [0.1, 0.15) is 41.6 Å². The molecule has 5 aliphatic carbocycles. The Balaban J connectivity index is 1.47. The minimum Gasteiger partial charge on any atom is -0.294 e. The summed E-state index contributed by atoms with van der Waals surface area (Å²) >= 11 is 4.82. The summed E-state index contributed by atoms with van der Waals surface area (Å²) in [6.07, 6.45) is 7.02. The molecule has 0 spiro atoms. The molecule has 8 atom stereocenters. The molecule has 0 heterocycles. The highest BCUT2D eigenvalue weighted by Crippen LogP contribution is 2.71. The molecule has 0 saturated heterocycles. The molecule has 1 nitrogen and oxygen atoms in total. The van der Waals surface area contributed by atoms with Crippen LogP contribution in [-0.4, -0.2) is 5.78 Å². The van der Waals surface area contributed by atoms with E-state index in [1.54, 1.807) is 0 Å². The van der Waals surface area contributed by atoms with E-state index in [4.69, 9.17) is 0 Å². The Labute approximate surface area is 164 Å². The van der Waals surface area contributed by atoms with Crippen molar-refractivity contribution in [1.29, 1.82) is 0 Å². The summed E-state index contributed by atoms with van der Waals surface area (Å²) in [5.74, 6) is 7.10. The fourth-order valence-electron chi connectivity index (χ4n) is 7.82. The van der Waals surface area contributed by atoms with Crippen LogP contribution in [0, 0.1) is 54.5 Å². The highest BCUT2D eigenvalue weighted by atomic mass is 127. The molecule has 4 bridgehead atoms. The van der Waals surface area contributed by atoms with Gasteiger partial charge in [0.25, 0.3) is 0 Å². The zero-order valence-corrected chi connectivity index (χ0v) is 17.3.